The van der Waals surface area contributed by atoms with E-state index in [0.29, 0.717) is 12.3 Å². The topological polar surface area (TPSA) is 70.7 Å². The SMILES string of the molecule is Cc1cccc(OC(C)C(=O)NCc2cccc(NC(=O)N3CCCC3)c2)c1. The Labute approximate surface area is 165 Å². The molecule has 1 heterocycles. The summed E-state index contributed by atoms with van der Waals surface area (Å²) in [4.78, 5) is 26.4. The van der Waals surface area contributed by atoms with Crippen LogP contribution < -0.4 is 15.4 Å². The minimum atomic E-state index is -0.597. The van der Waals surface area contributed by atoms with Crippen LogP contribution in [0.25, 0.3) is 0 Å². The number of likely N-dealkylation sites (tertiary alicyclic amines) is 1. The molecule has 1 aliphatic rings. The van der Waals surface area contributed by atoms with Crippen LogP contribution in [0.1, 0.15) is 30.9 Å². The van der Waals surface area contributed by atoms with E-state index in [9.17, 15) is 9.59 Å². The number of aryl methyl sites for hydroxylation is 1. The number of ether oxygens (including phenoxy) is 1. The third-order valence-corrected chi connectivity index (χ3v) is 4.71. The van der Waals surface area contributed by atoms with Gasteiger partial charge in [-0.3, -0.25) is 4.79 Å². The Balaban J connectivity index is 1.50. The average Bonchev–Trinajstić information content (AvgIpc) is 3.21. The third kappa shape index (κ3) is 5.49. The standard InChI is InChI=1S/C22H27N3O3/c1-16-7-5-10-20(13-16)28-17(2)21(26)23-15-18-8-6-9-19(14-18)24-22(27)25-11-3-4-12-25/h5-10,13-14,17H,3-4,11-12,15H2,1-2H3,(H,23,26)(H,24,27). The highest BCUT2D eigenvalue weighted by Gasteiger charge is 2.18. The van der Waals surface area contributed by atoms with Crippen LogP contribution in [0.4, 0.5) is 10.5 Å². The van der Waals surface area contributed by atoms with Crippen LogP contribution in [-0.2, 0) is 11.3 Å². The second-order valence-electron chi connectivity index (χ2n) is 7.12. The molecule has 0 aromatic heterocycles. The van der Waals surface area contributed by atoms with E-state index in [2.05, 4.69) is 10.6 Å². The molecule has 0 saturated carbocycles. The van der Waals surface area contributed by atoms with Crippen molar-refractivity contribution < 1.29 is 14.3 Å². The Kier molecular flexibility index (Phi) is 6.53. The molecule has 0 aliphatic carbocycles. The second kappa shape index (κ2) is 9.26. The number of carbonyl (C=O) groups is 2. The molecule has 2 aromatic rings. The largest absolute Gasteiger partial charge is 0.481 e. The van der Waals surface area contributed by atoms with Gasteiger partial charge in [-0.2, -0.15) is 0 Å². The first kappa shape index (κ1) is 19.7. The molecule has 148 valence electrons. The molecule has 0 spiro atoms. The van der Waals surface area contributed by atoms with E-state index in [-0.39, 0.29) is 11.9 Å². The van der Waals surface area contributed by atoms with E-state index in [1.54, 1.807) is 6.92 Å². The van der Waals surface area contributed by atoms with E-state index in [1.165, 1.54) is 0 Å². The normalized spacial score (nSPS) is 14.4. The molecule has 6 nitrogen and oxygen atoms in total. The highest BCUT2D eigenvalue weighted by molar-refractivity contribution is 5.89. The predicted molar refractivity (Wildman–Crippen MR) is 109 cm³/mol. The number of nitrogens with one attached hydrogen (secondary N) is 2. The van der Waals surface area contributed by atoms with Gasteiger partial charge in [0.2, 0.25) is 0 Å². The van der Waals surface area contributed by atoms with Crippen molar-refractivity contribution in [2.75, 3.05) is 18.4 Å². The first-order valence-electron chi connectivity index (χ1n) is 9.67. The van der Waals surface area contributed by atoms with Crippen LogP contribution >= 0.6 is 0 Å². The van der Waals surface area contributed by atoms with E-state index < -0.39 is 6.10 Å². The molecule has 0 bridgehead atoms. The summed E-state index contributed by atoms with van der Waals surface area (Å²) in [7, 11) is 0. The van der Waals surface area contributed by atoms with Gasteiger partial charge < -0.3 is 20.3 Å². The molecule has 1 fully saturated rings. The number of anilines is 1. The zero-order chi connectivity index (χ0) is 19.9. The number of nitrogens with zero attached hydrogens (tertiary/aromatic N) is 1. The monoisotopic (exact) mass is 381 g/mol. The van der Waals surface area contributed by atoms with Crippen LogP contribution in [0.3, 0.4) is 0 Å². The number of rotatable bonds is 6. The van der Waals surface area contributed by atoms with Gasteiger partial charge in [0, 0.05) is 25.3 Å². The summed E-state index contributed by atoms with van der Waals surface area (Å²) in [6, 6.07) is 15.1. The fourth-order valence-corrected chi connectivity index (χ4v) is 3.16. The van der Waals surface area contributed by atoms with Crippen LogP contribution in [0.15, 0.2) is 48.5 Å². The van der Waals surface area contributed by atoms with Crippen molar-refractivity contribution >= 4 is 17.6 Å². The number of urea groups is 1. The van der Waals surface area contributed by atoms with Crippen LogP contribution in [-0.4, -0.2) is 36.0 Å². The maximum Gasteiger partial charge on any atom is 0.321 e. The Bertz CT molecular complexity index is 831. The van der Waals surface area contributed by atoms with Gasteiger partial charge in [-0.15, -0.1) is 0 Å². The Morgan fingerprint density at radius 2 is 1.86 bits per heavy atom. The maximum atomic E-state index is 12.3. The van der Waals surface area contributed by atoms with Crippen LogP contribution in [0.5, 0.6) is 5.75 Å². The van der Waals surface area contributed by atoms with Gasteiger partial charge in [-0.05, 0) is 62.1 Å². The first-order chi connectivity index (χ1) is 13.5. The summed E-state index contributed by atoms with van der Waals surface area (Å²) in [6.07, 6.45) is 1.52. The smallest absolute Gasteiger partial charge is 0.321 e. The Morgan fingerprint density at radius 3 is 2.61 bits per heavy atom. The summed E-state index contributed by atoms with van der Waals surface area (Å²) in [5.74, 6) is 0.488. The van der Waals surface area contributed by atoms with Crippen molar-refractivity contribution in [3.63, 3.8) is 0 Å². The molecular formula is C22H27N3O3. The molecule has 1 saturated heterocycles. The average molecular weight is 381 g/mol. The number of carbonyl (C=O) groups excluding carboxylic acids is 2. The molecule has 6 heteroatoms. The molecular weight excluding hydrogens is 354 g/mol. The van der Waals surface area contributed by atoms with E-state index in [0.717, 1.165) is 42.7 Å². The van der Waals surface area contributed by atoms with Crippen LogP contribution in [0, 0.1) is 6.92 Å². The summed E-state index contributed by atoms with van der Waals surface area (Å²) in [6.45, 7) is 5.69. The predicted octanol–water partition coefficient (Wildman–Crippen LogP) is 3.71. The van der Waals surface area contributed by atoms with Crippen molar-refractivity contribution in [2.45, 2.75) is 39.3 Å². The van der Waals surface area contributed by atoms with Crippen molar-refractivity contribution in [1.29, 1.82) is 0 Å². The second-order valence-corrected chi connectivity index (χ2v) is 7.12. The van der Waals surface area contributed by atoms with Crippen molar-refractivity contribution in [2.24, 2.45) is 0 Å². The Hall–Kier alpha value is -3.02. The van der Waals surface area contributed by atoms with E-state index in [1.807, 2.05) is 60.4 Å². The fourth-order valence-electron chi connectivity index (χ4n) is 3.16. The highest BCUT2D eigenvalue weighted by Crippen LogP contribution is 2.16. The van der Waals surface area contributed by atoms with Gasteiger partial charge in [-0.25, -0.2) is 4.79 Å². The van der Waals surface area contributed by atoms with Gasteiger partial charge in [0.25, 0.3) is 5.91 Å². The molecule has 3 rings (SSSR count). The zero-order valence-electron chi connectivity index (χ0n) is 16.4. The van der Waals surface area contributed by atoms with Crippen molar-refractivity contribution in [3.05, 3.63) is 59.7 Å². The van der Waals surface area contributed by atoms with Crippen molar-refractivity contribution in [1.82, 2.24) is 10.2 Å². The lowest BCUT2D eigenvalue weighted by atomic mass is 10.2. The number of benzene rings is 2. The number of amides is 3. The van der Waals surface area contributed by atoms with Gasteiger partial charge >= 0.3 is 6.03 Å². The summed E-state index contributed by atoms with van der Waals surface area (Å²) in [5.41, 5.74) is 2.72. The summed E-state index contributed by atoms with van der Waals surface area (Å²) < 4.78 is 5.70. The molecule has 1 aliphatic heterocycles. The molecule has 2 aromatic carbocycles. The third-order valence-electron chi connectivity index (χ3n) is 4.71. The van der Waals surface area contributed by atoms with Crippen molar-refractivity contribution in [3.8, 4) is 5.75 Å². The van der Waals surface area contributed by atoms with Crippen LogP contribution in [0.2, 0.25) is 0 Å². The molecule has 3 amide bonds. The Morgan fingerprint density at radius 1 is 1.11 bits per heavy atom. The lowest BCUT2D eigenvalue weighted by Crippen LogP contribution is -2.36. The molecule has 1 atom stereocenters. The first-order valence-corrected chi connectivity index (χ1v) is 9.67. The lowest BCUT2D eigenvalue weighted by Gasteiger charge is -2.17. The lowest BCUT2D eigenvalue weighted by molar-refractivity contribution is -0.127. The minimum absolute atomic E-state index is 0.0705. The number of hydrogen-bond donors (Lipinski definition) is 2. The van der Waals surface area contributed by atoms with Gasteiger partial charge in [0.05, 0.1) is 0 Å². The van der Waals surface area contributed by atoms with E-state index in [4.69, 9.17) is 4.74 Å². The highest BCUT2D eigenvalue weighted by atomic mass is 16.5. The fraction of sp³-hybridized carbons (Fsp3) is 0.364. The maximum absolute atomic E-state index is 12.3. The molecule has 28 heavy (non-hydrogen) atoms. The molecule has 1 unspecified atom stereocenters. The quantitative estimate of drug-likeness (QED) is 0.801. The molecule has 2 N–H and O–H groups in total. The summed E-state index contributed by atoms with van der Waals surface area (Å²) >= 11 is 0. The van der Waals surface area contributed by atoms with Gasteiger partial charge in [0.1, 0.15) is 5.75 Å². The van der Waals surface area contributed by atoms with E-state index >= 15 is 0 Å². The molecule has 0 radical (unpaired) electrons. The van der Waals surface area contributed by atoms with Gasteiger partial charge in [-0.1, -0.05) is 24.3 Å². The minimum Gasteiger partial charge on any atom is -0.481 e. The number of hydrogen-bond acceptors (Lipinski definition) is 3. The summed E-state index contributed by atoms with van der Waals surface area (Å²) in [5, 5.41) is 5.80. The van der Waals surface area contributed by atoms with Gasteiger partial charge in [0.15, 0.2) is 6.10 Å². The zero-order valence-corrected chi connectivity index (χ0v) is 16.4.